The van der Waals surface area contributed by atoms with E-state index in [1.165, 1.54) is 13.2 Å². The molecular formula is C18H15BrO4. The van der Waals surface area contributed by atoms with Crippen molar-refractivity contribution in [2.45, 2.75) is 12.8 Å². The monoisotopic (exact) mass is 374 g/mol. The summed E-state index contributed by atoms with van der Waals surface area (Å²) in [5.41, 5.74) is 1.29. The molecule has 0 aliphatic heterocycles. The zero-order valence-electron chi connectivity index (χ0n) is 12.5. The van der Waals surface area contributed by atoms with E-state index in [1.54, 1.807) is 42.5 Å². The molecule has 5 heteroatoms. The van der Waals surface area contributed by atoms with Crippen molar-refractivity contribution in [3.05, 3.63) is 69.7 Å². The molecule has 0 amide bonds. The molecule has 0 aliphatic rings. The summed E-state index contributed by atoms with van der Waals surface area (Å²) in [6, 6.07) is 13.3. The van der Waals surface area contributed by atoms with Crippen LogP contribution in [0.15, 0.2) is 53.0 Å². The van der Waals surface area contributed by atoms with E-state index in [9.17, 15) is 14.4 Å². The van der Waals surface area contributed by atoms with Crippen LogP contribution in [0.1, 0.15) is 43.9 Å². The van der Waals surface area contributed by atoms with Crippen LogP contribution in [0.3, 0.4) is 0 Å². The Morgan fingerprint density at radius 3 is 2.04 bits per heavy atom. The van der Waals surface area contributed by atoms with Crippen LogP contribution in [0.5, 0.6) is 0 Å². The van der Waals surface area contributed by atoms with Crippen molar-refractivity contribution >= 4 is 33.5 Å². The molecule has 0 saturated heterocycles. The van der Waals surface area contributed by atoms with E-state index in [0.29, 0.717) is 16.7 Å². The van der Waals surface area contributed by atoms with E-state index in [4.69, 9.17) is 0 Å². The number of hydrogen-bond acceptors (Lipinski definition) is 4. The van der Waals surface area contributed by atoms with Gasteiger partial charge < -0.3 is 4.74 Å². The molecule has 0 unspecified atom stereocenters. The largest absolute Gasteiger partial charge is 0.465 e. The standard InChI is InChI=1S/C18H15BrO4/c1-23-18(22)14-4-2-3-13(11-14)17(21)10-9-16(20)12-5-7-15(19)8-6-12/h2-8,11H,9-10H2,1H3. The van der Waals surface area contributed by atoms with Crippen LogP contribution >= 0.6 is 15.9 Å². The summed E-state index contributed by atoms with van der Waals surface area (Å²) in [7, 11) is 1.29. The fourth-order valence-corrected chi connectivity index (χ4v) is 2.35. The van der Waals surface area contributed by atoms with Crippen LogP contribution in [-0.4, -0.2) is 24.6 Å². The lowest BCUT2D eigenvalue weighted by atomic mass is 10.0. The second-order valence-corrected chi connectivity index (χ2v) is 5.84. The van der Waals surface area contributed by atoms with E-state index >= 15 is 0 Å². The fraction of sp³-hybridized carbons (Fsp3) is 0.167. The number of hydrogen-bond donors (Lipinski definition) is 0. The molecule has 0 heterocycles. The summed E-state index contributed by atoms with van der Waals surface area (Å²) in [5.74, 6) is -0.762. The highest BCUT2D eigenvalue weighted by Crippen LogP contribution is 2.14. The van der Waals surface area contributed by atoms with Crippen LogP contribution in [0, 0.1) is 0 Å². The minimum Gasteiger partial charge on any atom is -0.465 e. The molecule has 0 radical (unpaired) electrons. The molecule has 0 saturated carbocycles. The maximum Gasteiger partial charge on any atom is 0.337 e. The van der Waals surface area contributed by atoms with E-state index in [-0.39, 0.29) is 24.4 Å². The maximum absolute atomic E-state index is 12.2. The second-order valence-electron chi connectivity index (χ2n) is 4.93. The number of carbonyl (C=O) groups is 3. The number of ether oxygens (including phenoxy) is 1. The Hall–Kier alpha value is -2.27. The minimum absolute atomic E-state index is 0.0880. The number of benzene rings is 2. The fourth-order valence-electron chi connectivity index (χ4n) is 2.09. The highest BCUT2D eigenvalue weighted by atomic mass is 79.9. The topological polar surface area (TPSA) is 60.4 Å². The molecule has 0 fully saturated rings. The Labute approximate surface area is 142 Å². The van der Waals surface area contributed by atoms with Crippen LogP contribution in [0.25, 0.3) is 0 Å². The third-order valence-corrected chi connectivity index (χ3v) is 3.88. The predicted octanol–water partition coefficient (Wildman–Crippen LogP) is 4.08. The number of halogens is 1. The molecule has 2 aromatic carbocycles. The highest BCUT2D eigenvalue weighted by molar-refractivity contribution is 9.10. The van der Waals surface area contributed by atoms with Crippen molar-refractivity contribution in [3.63, 3.8) is 0 Å². The number of esters is 1. The van der Waals surface area contributed by atoms with Gasteiger partial charge in [-0.15, -0.1) is 0 Å². The summed E-state index contributed by atoms with van der Waals surface area (Å²) >= 11 is 3.31. The first-order chi connectivity index (χ1) is 11.0. The van der Waals surface area contributed by atoms with Crippen molar-refractivity contribution in [1.29, 1.82) is 0 Å². The Morgan fingerprint density at radius 2 is 1.43 bits per heavy atom. The van der Waals surface area contributed by atoms with Gasteiger partial charge in [-0.05, 0) is 24.3 Å². The van der Waals surface area contributed by atoms with Gasteiger partial charge in [0, 0.05) is 28.4 Å². The van der Waals surface area contributed by atoms with Gasteiger partial charge >= 0.3 is 5.97 Å². The quantitative estimate of drug-likeness (QED) is 0.564. The number of rotatable bonds is 6. The maximum atomic E-state index is 12.2. The van der Waals surface area contributed by atoms with Crippen molar-refractivity contribution in [2.24, 2.45) is 0 Å². The molecule has 0 aliphatic carbocycles. The first-order valence-corrected chi connectivity index (χ1v) is 7.81. The molecule has 0 bridgehead atoms. The summed E-state index contributed by atoms with van der Waals surface area (Å²) in [4.78, 5) is 35.7. The SMILES string of the molecule is COC(=O)c1cccc(C(=O)CCC(=O)c2ccc(Br)cc2)c1. The molecule has 2 rings (SSSR count). The smallest absolute Gasteiger partial charge is 0.337 e. The van der Waals surface area contributed by atoms with Gasteiger partial charge in [0.15, 0.2) is 11.6 Å². The normalized spacial score (nSPS) is 10.2. The first-order valence-electron chi connectivity index (χ1n) is 7.01. The summed E-state index contributed by atoms with van der Waals surface area (Å²) in [5, 5.41) is 0. The lowest BCUT2D eigenvalue weighted by Gasteiger charge is -2.04. The number of methoxy groups -OCH3 is 1. The van der Waals surface area contributed by atoms with Crippen molar-refractivity contribution in [1.82, 2.24) is 0 Å². The van der Waals surface area contributed by atoms with Crippen molar-refractivity contribution in [3.8, 4) is 0 Å². The third kappa shape index (κ3) is 4.60. The van der Waals surface area contributed by atoms with Gasteiger partial charge in [0.25, 0.3) is 0 Å². The molecule has 118 valence electrons. The molecule has 0 spiro atoms. The molecule has 2 aromatic rings. The lowest BCUT2D eigenvalue weighted by Crippen LogP contribution is -2.07. The number of Topliss-reactive ketones (excluding diaryl/α,β-unsaturated/α-hetero) is 2. The third-order valence-electron chi connectivity index (χ3n) is 3.35. The second kappa shape index (κ2) is 7.83. The van der Waals surface area contributed by atoms with Gasteiger partial charge in [0.1, 0.15) is 0 Å². The minimum atomic E-state index is -0.495. The van der Waals surface area contributed by atoms with Gasteiger partial charge in [-0.3, -0.25) is 9.59 Å². The van der Waals surface area contributed by atoms with E-state index < -0.39 is 5.97 Å². The van der Waals surface area contributed by atoms with E-state index in [0.717, 1.165) is 4.47 Å². The Balaban J connectivity index is 2.00. The van der Waals surface area contributed by atoms with Crippen LogP contribution in [0.2, 0.25) is 0 Å². The zero-order valence-corrected chi connectivity index (χ0v) is 14.1. The molecule has 4 nitrogen and oxygen atoms in total. The Morgan fingerprint density at radius 1 is 0.870 bits per heavy atom. The zero-order chi connectivity index (χ0) is 16.8. The lowest BCUT2D eigenvalue weighted by molar-refractivity contribution is 0.0600. The molecule has 0 atom stereocenters. The van der Waals surface area contributed by atoms with Crippen LogP contribution in [0.4, 0.5) is 0 Å². The van der Waals surface area contributed by atoms with Gasteiger partial charge in [-0.25, -0.2) is 4.79 Å². The Kier molecular flexibility index (Phi) is 5.82. The van der Waals surface area contributed by atoms with Crippen molar-refractivity contribution < 1.29 is 19.1 Å². The van der Waals surface area contributed by atoms with Crippen LogP contribution in [-0.2, 0) is 4.74 Å². The van der Waals surface area contributed by atoms with Crippen molar-refractivity contribution in [2.75, 3.05) is 7.11 Å². The molecule has 0 N–H and O–H groups in total. The van der Waals surface area contributed by atoms with E-state index in [2.05, 4.69) is 20.7 Å². The average Bonchev–Trinajstić information content (AvgIpc) is 2.59. The Bertz CT molecular complexity index is 735. The first kappa shape index (κ1) is 17.1. The summed E-state index contributed by atoms with van der Waals surface area (Å²) < 4.78 is 5.52. The van der Waals surface area contributed by atoms with Gasteiger partial charge in [0.2, 0.25) is 0 Å². The molecule has 0 aromatic heterocycles. The summed E-state index contributed by atoms with van der Waals surface area (Å²) in [6.45, 7) is 0. The van der Waals surface area contributed by atoms with E-state index in [1.807, 2.05) is 0 Å². The predicted molar refractivity (Wildman–Crippen MR) is 89.8 cm³/mol. The van der Waals surface area contributed by atoms with Gasteiger partial charge in [-0.1, -0.05) is 40.2 Å². The average molecular weight is 375 g/mol. The number of ketones is 2. The van der Waals surface area contributed by atoms with Gasteiger partial charge in [0.05, 0.1) is 12.7 Å². The van der Waals surface area contributed by atoms with Gasteiger partial charge in [-0.2, -0.15) is 0 Å². The molecule has 23 heavy (non-hydrogen) atoms. The summed E-state index contributed by atoms with van der Waals surface area (Å²) in [6.07, 6.45) is 0.225. The highest BCUT2D eigenvalue weighted by Gasteiger charge is 2.13. The number of carbonyl (C=O) groups excluding carboxylic acids is 3. The van der Waals surface area contributed by atoms with Crippen LogP contribution < -0.4 is 0 Å². The molecular weight excluding hydrogens is 360 g/mol.